The molecule has 0 unspecified atom stereocenters. The van der Waals surface area contributed by atoms with Crippen LogP contribution in [0.1, 0.15) is 24.5 Å². The molecule has 4 N–H and O–H groups in total. The van der Waals surface area contributed by atoms with E-state index in [2.05, 4.69) is 10.3 Å². The number of carbonyl (C=O) groups is 3. The van der Waals surface area contributed by atoms with E-state index in [1.165, 1.54) is 11.3 Å². The van der Waals surface area contributed by atoms with E-state index >= 15 is 0 Å². The fourth-order valence-corrected chi connectivity index (χ4v) is 2.41. The standard InChI is InChI=1S/C11H14N4O4S/c12-8(16)3-15(4-9(17)18)11(19)14-10-13-7(5-20-10)6-1-2-6/h5-6H,1-4H2,(H2,12,16)(H,17,18)(H,13,14,19). The summed E-state index contributed by atoms with van der Waals surface area (Å²) in [7, 11) is 0. The molecule has 1 aliphatic rings. The maximum absolute atomic E-state index is 11.9. The summed E-state index contributed by atoms with van der Waals surface area (Å²) in [5.74, 6) is -1.53. The number of nitrogens with two attached hydrogens (primary N) is 1. The predicted molar refractivity (Wildman–Crippen MR) is 71.5 cm³/mol. The maximum Gasteiger partial charge on any atom is 0.324 e. The second-order valence-corrected chi connectivity index (χ2v) is 5.36. The van der Waals surface area contributed by atoms with E-state index in [-0.39, 0.29) is 0 Å². The highest BCUT2D eigenvalue weighted by Crippen LogP contribution is 2.40. The number of thiazole rings is 1. The number of amides is 3. The number of anilines is 1. The van der Waals surface area contributed by atoms with Gasteiger partial charge in [-0.3, -0.25) is 14.9 Å². The first-order valence-electron chi connectivity index (χ1n) is 5.97. The second-order valence-electron chi connectivity index (χ2n) is 4.50. The van der Waals surface area contributed by atoms with Gasteiger partial charge in [0.2, 0.25) is 5.91 Å². The zero-order chi connectivity index (χ0) is 14.7. The van der Waals surface area contributed by atoms with E-state index in [9.17, 15) is 14.4 Å². The molecule has 108 valence electrons. The maximum atomic E-state index is 11.9. The summed E-state index contributed by atoms with van der Waals surface area (Å²) < 4.78 is 0. The number of carbonyl (C=O) groups excluding carboxylic acids is 2. The molecule has 0 radical (unpaired) electrons. The number of primary amides is 1. The molecule has 0 atom stereocenters. The van der Waals surface area contributed by atoms with Crippen LogP contribution >= 0.6 is 11.3 Å². The van der Waals surface area contributed by atoms with Crippen LogP contribution in [0.2, 0.25) is 0 Å². The van der Waals surface area contributed by atoms with Crippen LogP contribution < -0.4 is 11.1 Å². The Morgan fingerprint density at radius 3 is 2.70 bits per heavy atom. The summed E-state index contributed by atoms with van der Waals surface area (Å²) in [6, 6.07) is -0.706. The fraction of sp³-hybridized carbons (Fsp3) is 0.455. The number of carboxylic acids is 1. The van der Waals surface area contributed by atoms with E-state index in [0.717, 1.165) is 23.4 Å². The van der Waals surface area contributed by atoms with Crippen LogP contribution in [-0.2, 0) is 9.59 Å². The van der Waals surface area contributed by atoms with Crippen LogP contribution in [0.25, 0.3) is 0 Å². The number of urea groups is 1. The number of carboxylic acid groups (broad SMARTS) is 1. The van der Waals surface area contributed by atoms with Crippen molar-refractivity contribution < 1.29 is 19.5 Å². The third-order valence-corrected chi connectivity index (χ3v) is 3.47. The highest BCUT2D eigenvalue weighted by Gasteiger charge is 2.27. The predicted octanol–water partition coefficient (Wildman–Crippen LogP) is 0.424. The highest BCUT2D eigenvalue weighted by molar-refractivity contribution is 7.13. The van der Waals surface area contributed by atoms with Crippen molar-refractivity contribution in [2.24, 2.45) is 5.73 Å². The highest BCUT2D eigenvalue weighted by atomic mass is 32.1. The van der Waals surface area contributed by atoms with Gasteiger partial charge in [-0.2, -0.15) is 0 Å². The van der Waals surface area contributed by atoms with Crippen molar-refractivity contribution in [2.45, 2.75) is 18.8 Å². The van der Waals surface area contributed by atoms with Crippen molar-refractivity contribution in [1.29, 1.82) is 0 Å². The van der Waals surface area contributed by atoms with Crippen molar-refractivity contribution in [2.75, 3.05) is 18.4 Å². The molecule has 1 aromatic heterocycles. The van der Waals surface area contributed by atoms with Crippen LogP contribution in [0.3, 0.4) is 0 Å². The minimum absolute atomic E-state index is 0.386. The molecule has 0 aromatic carbocycles. The van der Waals surface area contributed by atoms with Gasteiger partial charge in [-0.05, 0) is 12.8 Å². The van der Waals surface area contributed by atoms with Crippen molar-refractivity contribution in [3.05, 3.63) is 11.1 Å². The van der Waals surface area contributed by atoms with E-state index in [1.54, 1.807) is 0 Å². The molecule has 8 nitrogen and oxygen atoms in total. The number of rotatable bonds is 6. The molecule has 1 aliphatic carbocycles. The summed E-state index contributed by atoms with van der Waals surface area (Å²) in [5, 5.41) is 13.4. The van der Waals surface area contributed by atoms with Gasteiger partial charge in [0.25, 0.3) is 0 Å². The van der Waals surface area contributed by atoms with Gasteiger partial charge in [-0.15, -0.1) is 11.3 Å². The van der Waals surface area contributed by atoms with Crippen LogP contribution in [0.15, 0.2) is 5.38 Å². The average Bonchev–Trinajstić information content (AvgIpc) is 3.08. The van der Waals surface area contributed by atoms with Gasteiger partial charge in [0, 0.05) is 11.3 Å². The van der Waals surface area contributed by atoms with Gasteiger partial charge in [-0.25, -0.2) is 9.78 Å². The summed E-state index contributed by atoms with van der Waals surface area (Å²) in [4.78, 5) is 38.5. The Morgan fingerprint density at radius 2 is 2.15 bits per heavy atom. The molecule has 0 aliphatic heterocycles. The van der Waals surface area contributed by atoms with Crippen LogP contribution in [0.5, 0.6) is 0 Å². The molecular weight excluding hydrogens is 284 g/mol. The van der Waals surface area contributed by atoms with Gasteiger partial charge in [0.05, 0.1) is 5.69 Å². The monoisotopic (exact) mass is 298 g/mol. The van der Waals surface area contributed by atoms with Gasteiger partial charge in [-0.1, -0.05) is 0 Å². The molecule has 0 saturated heterocycles. The molecule has 0 bridgehead atoms. The first kappa shape index (κ1) is 14.3. The van der Waals surface area contributed by atoms with Crippen molar-refractivity contribution >= 4 is 34.4 Å². The molecule has 20 heavy (non-hydrogen) atoms. The average molecular weight is 298 g/mol. The Labute approximate surface area is 118 Å². The first-order chi connectivity index (χ1) is 9.45. The van der Waals surface area contributed by atoms with Crippen LogP contribution in [0.4, 0.5) is 9.93 Å². The minimum Gasteiger partial charge on any atom is -0.480 e. The minimum atomic E-state index is -1.22. The van der Waals surface area contributed by atoms with E-state index in [0.29, 0.717) is 11.0 Å². The zero-order valence-corrected chi connectivity index (χ0v) is 11.4. The lowest BCUT2D eigenvalue weighted by molar-refractivity contribution is -0.137. The zero-order valence-electron chi connectivity index (χ0n) is 10.5. The van der Waals surface area contributed by atoms with E-state index in [4.69, 9.17) is 10.8 Å². The van der Waals surface area contributed by atoms with Gasteiger partial charge < -0.3 is 15.7 Å². The molecule has 2 rings (SSSR count). The smallest absolute Gasteiger partial charge is 0.324 e. The van der Waals surface area contributed by atoms with Crippen LogP contribution in [0, 0.1) is 0 Å². The van der Waals surface area contributed by atoms with Gasteiger partial charge >= 0.3 is 12.0 Å². The van der Waals surface area contributed by atoms with E-state index in [1.807, 2.05) is 5.38 Å². The molecule has 1 fully saturated rings. The van der Waals surface area contributed by atoms with E-state index < -0.39 is 31.0 Å². The number of nitrogens with zero attached hydrogens (tertiary/aromatic N) is 2. The Balaban J connectivity index is 1.98. The lowest BCUT2D eigenvalue weighted by atomic mass is 10.3. The van der Waals surface area contributed by atoms with Crippen molar-refractivity contribution in [3.8, 4) is 0 Å². The third-order valence-electron chi connectivity index (χ3n) is 2.69. The molecular formula is C11H14N4O4S. The Bertz CT molecular complexity index is 524. The fourth-order valence-electron chi connectivity index (χ4n) is 1.63. The second kappa shape index (κ2) is 5.87. The van der Waals surface area contributed by atoms with Crippen molar-refractivity contribution in [3.63, 3.8) is 0 Å². The quantitative estimate of drug-likeness (QED) is 0.702. The SMILES string of the molecule is NC(=O)CN(CC(=O)O)C(=O)Nc1nc(C2CC2)cs1. The molecule has 9 heteroatoms. The third kappa shape index (κ3) is 3.92. The number of hydrogen-bond donors (Lipinski definition) is 3. The Hall–Kier alpha value is -2.16. The Morgan fingerprint density at radius 1 is 1.45 bits per heavy atom. The Kier molecular flexibility index (Phi) is 4.18. The lowest BCUT2D eigenvalue weighted by Crippen LogP contribution is -2.43. The van der Waals surface area contributed by atoms with Crippen molar-refractivity contribution in [1.82, 2.24) is 9.88 Å². The molecule has 3 amide bonds. The number of aromatic nitrogens is 1. The summed E-state index contributed by atoms with van der Waals surface area (Å²) in [6.07, 6.45) is 2.20. The first-order valence-corrected chi connectivity index (χ1v) is 6.85. The summed E-state index contributed by atoms with van der Waals surface area (Å²) in [6.45, 7) is -1.06. The molecule has 1 aromatic rings. The number of nitrogens with one attached hydrogen (secondary N) is 1. The van der Waals surface area contributed by atoms with Gasteiger partial charge in [0.1, 0.15) is 13.1 Å². The molecule has 1 saturated carbocycles. The molecule has 0 spiro atoms. The number of aliphatic carboxylic acids is 1. The summed E-state index contributed by atoms with van der Waals surface area (Å²) in [5.41, 5.74) is 5.92. The van der Waals surface area contributed by atoms with Crippen LogP contribution in [-0.4, -0.2) is 46.0 Å². The topological polar surface area (TPSA) is 126 Å². The lowest BCUT2D eigenvalue weighted by Gasteiger charge is -2.18. The summed E-state index contributed by atoms with van der Waals surface area (Å²) >= 11 is 1.27. The number of hydrogen-bond acceptors (Lipinski definition) is 5. The largest absolute Gasteiger partial charge is 0.480 e. The molecule has 1 heterocycles. The normalized spacial score (nSPS) is 13.8. The van der Waals surface area contributed by atoms with Gasteiger partial charge in [0.15, 0.2) is 5.13 Å².